The van der Waals surface area contributed by atoms with Crippen molar-refractivity contribution in [2.24, 2.45) is 0 Å². The van der Waals surface area contributed by atoms with Crippen LogP contribution in [0.15, 0.2) is 59.7 Å². The van der Waals surface area contributed by atoms with Crippen molar-refractivity contribution in [3.05, 3.63) is 79.9 Å². The summed E-state index contributed by atoms with van der Waals surface area (Å²) in [5.74, 6) is -3.30. The lowest BCUT2D eigenvalue weighted by Crippen LogP contribution is -2.46. The molecule has 0 radical (unpaired) electrons. The van der Waals surface area contributed by atoms with Crippen molar-refractivity contribution in [3.8, 4) is 0 Å². The molecule has 0 bridgehead atoms. The zero-order chi connectivity index (χ0) is 21.6. The van der Waals surface area contributed by atoms with Crippen molar-refractivity contribution in [2.75, 3.05) is 14.2 Å². The third kappa shape index (κ3) is 2.74. The van der Waals surface area contributed by atoms with Gasteiger partial charge in [0.05, 0.1) is 25.4 Å². The van der Waals surface area contributed by atoms with Crippen molar-refractivity contribution in [2.45, 2.75) is 11.7 Å². The largest absolute Gasteiger partial charge is 0.466 e. The Morgan fingerprint density at radius 3 is 1.93 bits per heavy atom. The first-order valence-electron chi connectivity index (χ1n) is 8.90. The summed E-state index contributed by atoms with van der Waals surface area (Å²) in [7, 11) is 2.25. The average Bonchev–Trinajstić information content (AvgIpc) is 3.23. The molecule has 0 saturated heterocycles. The van der Waals surface area contributed by atoms with Crippen molar-refractivity contribution in [1.82, 2.24) is 0 Å². The number of fused-ring (bicyclic) bond motifs is 1. The molecule has 30 heavy (non-hydrogen) atoms. The number of ketones is 2. The van der Waals surface area contributed by atoms with Gasteiger partial charge in [0.2, 0.25) is 17.2 Å². The molecule has 0 saturated carbocycles. The highest BCUT2D eigenvalue weighted by molar-refractivity contribution is 14.1. The molecule has 1 aliphatic carbocycles. The summed E-state index contributed by atoms with van der Waals surface area (Å²) >= 11 is 2.12. The van der Waals surface area contributed by atoms with Gasteiger partial charge in [0.25, 0.3) is 0 Å². The van der Waals surface area contributed by atoms with Gasteiger partial charge in [-0.2, -0.15) is 0 Å². The van der Waals surface area contributed by atoms with E-state index in [4.69, 9.17) is 14.2 Å². The smallest absolute Gasteiger partial charge is 0.338 e. The highest BCUT2D eigenvalue weighted by atomic mass is 127. The number of esters is 2. The highest BCUT2D eigenvalue weighted by Gasteiger charge is 2.66. The molecule has 1 spiro atoms. The predicted molar refractivity (Wildman–Crippen MR) is 112 cm³/mol. The Hall–Kier alpha value is -2.85. The van der Waals surface area contributed by atoms with E-state index in [1.807, 2.05) is 0 Å². The van der Waals surface area contributed by atoms with E-state index in [1.165, 1.54) is 12.1 Å². The number of carbonyl (C=O) groups excluding carboxylic acids is 4. The van der Waals surface area contributed by atoms with Gasteiger partial charge in [-0.1, -0.05) is 36.4 Å². The summed E-state index contributed by atoms with van der Waals surface area (Å²) in [6.45, 7) is 0. The van der Waals surface area contributed by atoms with E-state index in [9.17, 15) is 19.2 Å². The first-order valence-corrected chi connectivity index (χ1v) is 9.97. The first kappa shape index (κ1) is 20.4. The van der Waals surface area contributed by atoms with Crippen LogP contribution in [0.1, 0.15) is 32.4 Å². The highest BCUT2D eigenvalue weighted by Crippen LogP contribution is 2.51. The quantitative estimate of drug-likeness (QED) is 0.351. The second kappa shape index (κ2) is 7.44. The summed E-state index contributed by atoms with van der Waals surface area (Å²) in [6.07, 6.45) is -1.16. The zero-order valence-corrected chi connectivity index (χ0v) is 18.1. The minimum Gasteiger partial charge on any atom is -0.466 e. The van der Waals surface area contributed by atoms with Gasteiger partial charge in [-0.3, -0.25) is 9.59 Å². The second-order valence-corrected chi connectivity index (χ2v) is 7.95. The normalized spacial score (nSPS) is 19.2. The van der Waals surface area contributed by atoms with E-state index < -0.39 is 40.8 Å². The molecule has 2 aliphatic rings. The molecule has 0 aromatic heterocycles. The Bertz CT molecular complexity index is 1100. The molecule has 1 heterocycles. The minimum atomic E-state index is -2.30. The predicted octanol–water partition coefficient (Wildman–Crippen LogP) is 2.82. The maximum atomic E-state index is 13.4. The van der Waals surface area contributed by atoms with Gasteiger partial charge < -0.3 is 14.2 Å². The molecule has 2 aromatic carbocycles. The van der Waals surface area contributed by atoms with Gasteiger partial charge in [0, 0.05) is 14.7 Å². The van der Waals surface area contributed by atoms with Gasteiger partial charge in [0.15, 0.2) is 0 Å². The van der Waals surface area contributed by atoms with Crippen LogP contribution >= 0.6 is 22.6 Å². The van der Waals surface area contributed by atoms with Gasteiger partial charge in [0.1, 0.15) is 6.10 Å². The number of carbonyl (C=O) groups is 4. The Morgan fingerprint density at radius 2 is 1.43 bits per heavy atom. The number of hydrogen-bond donors (Lipinski definition) is 0. The molecule has 0 fully saturated rings. The van der Waals surface area contributed by atoms with Crippen LogP contribution in [0.3, 0.4) is 0 Å². The number of methoxy groups -OCH3 is 2. The molecule has 1 aliphatic heterocycles. The molecule has 152 valence electrons. The van der Waals surface area contributed by atoms with Crippen molar-refractivity contribution in [1.29, 1.82) is 0 Å². The van der Waals surface area contributed by atoms with E-state index >= 15 is 0 Å². The number of hydrogen-bond acceptors (Lipinski definition) is 7. The van der Waals surface area contributed by atoms with Crippen LogP contribution < -0.4 is 0 Å². The Kier molecular flexibility index (Phi) is 5.07. The average molecular weight is 518 g/mol. The zero-order valence-electron chi connectivity index (χ0n) is 15.9. The van der Waals surface area contributed by atoms with E-state index in [2.05, 4.69) is 22.6 Å². The van der Waals surface area contributed by atoms with E-state index in [0.29, 0.717) is 5.56 Å². The number of benzene rings is 2. The fourth-order valence-electron chi connectivity index (χ4n) is 3.86. The van der Waals surface area contributed by atoms with Crippen LogP contribution in [0, 0.1) is 3.57 Å². The number of halogens is 1. The lowest BCUT2D eigenvalue weighted by molar-refractivity contribution is -0.139. The van der Waals surface area contributed by atoms with Crippen molar-refractivity contribution in [3.63, 3.8) is 0 Å². The van der Waals surface area contributed by atoms with Gasteiger partial charge in [-0.15, -0.1) is 0 Å². The molecule has 0 N–H and O–H groups in total. The third-order valence-corrected chi connectivity index (χ3v) is 5.92. The van der Waals surface area contributed by atoms with E-state index in [1.54, 1.807) is 36.4 Å². The summed E-state index contributed by atoms with van der Waals surface area (Å²) in [5.41, 5.74) is -2.22. The topological polar surface area (TPSA) is 96.0 Å². The van der Waals surface area contributed by atoms with Gasteiger partial charge in [-0.25, -0.2) is 9.59 Å². The summed E-state index contributed by atoms with van der Waals surface area (Å²) in [4.78, 5) is 52.4. The maximum absolute atomic E-state index is 13.4. The third-order valence-electron chi connectivity index (χ3n) is 5.20. The SMILES string of the molecule is COC(=O)C1=C(C(=O)OC)C2(O[C@H]1c1ccc(I)cc1)C(=O)c1ccccc1C2=O. The monoisotopic (exact) mass is 518 g/mol. The lowest BCUT2D eigenvalue weighted by Gasteiger charge is -2.23. The fraction of sp³-hybridized carbons (Fsp3) is 0.182. The maximum Gasteiger partial charge on any atom is 0.338 e. The van der Waals surface area contributed by atoms with Gasteiger partial charge in [-0.05, 0) is 40.3 Å². The number of ether oxygens (including phenoxy) is 3. The molecule has 0 amide bonds. The van der Waals surface area contributed by atoms with Crippen LogP contribution in [0.2, 0.25) is 0 Å². The molecular weight excluding hydrogens is 503 g/mol. The van der Waals surface area contributed by atoms with Crippen LogP contribution in [-0.2, 0) is 23.8 Å². The Morgan fingerprint density at radius 1 is 0.900 bits per heavy atom. The molecule has 4 rings (SSSR count). The van der Waals surface area contributed by atoms with Crippen LogP contribution in [0.25, 0.3) is 0 Å². The Balaban J connectivity index is 2.01. The molecule has 7 nitrogen and oxygen atoms in total. The van der Waals surface area contributed by atoms with Crippen LogP contribution in [0.4, 0.5) is 0 Å². The lowest BCUT2D eigenvalue weighted by atomic mass is 9.86. The van der Waals surface area contributed by atoms with E-state index in [0.717, 1.165) is 17.8 Å². The number of Topliss-reactive ketones (excluding diaryl/α,β-unsaturated/α-hetero) is 2. The van der Waals surface area contributed by atoms with Crippen molar-refractivity contribution >= 4 is 46.1 Å². The van der Waals surface area contributed by atoms with Gasteiger partial charge >= 0.3 is 11.9 Å². The first-order chi connectivity index (χ1) is 14.4. The summed E-state index contributed by atoms with van der Waals surface area (Å²) < 4.78 is 16.7. The van der Waals surface area contributed by atoms with E-state index in [-0.39, 0.29) is 16.7 Å². The van der Waals surface area contributed by atoms with Crippen molar-refractivity contribution < 1.29 is 33.4 Å². The molecule has 8 heteroatoms. The van der Waals surface area contributed by atoms with Crippen LogP contribution in [-0.4, -0.2) is 43.3 Å². The summed E-state index contributed by atoms with van der Waals surface area (Å²) in [6, 6.07) is 13.1. The molecule has 0 unspecified atom stereocenters. The van der Waals surface area contributed by atoms with Crippen LogP contribution in [0.5, 0.6) is 0 Å². The minimum absolute atomic E-state index is 0.122. The molecule has 2 aromatic rings. The standard InChI is InChI=1S/C22H15IO7/c1-28-20(26)15-16(21(27)29-2)22(30-17(15)11-7-9-12(23)10-8-11)18(24)13-5-3-4-6-14(13)19(22)25/h3-10,17H,1-2H3/t17-/m0/s1. The Labute approximate surface area is 185 Å². The second-order valence-electron chi connectivity index (χ2n) is 6.71. The number of rotatable bonds is 3. The molecular formula is C22H15IO7. The molecule has 1 atom stereocenters. The fourth-order valence-corrected chi connectivity index (χ4v) is 4.22. The summed E-state index contributed by atoms with van der Waals surface area (Å²) in [5, 5.41) is 0.